The van der Waals surface area contributed by atoms with Crippen molar-refractivity contribution in [3.8, 4) is 0 Å². The molecule has 1 amide bonds. The van der Waals surface area contributed by atoms with Crippen molar-refractivity contribution in [2.45, 2.75) is 38.8 Å². The molecule has 1 aromatic heterocycles. The molecule has 0 bridgehead atoms. The first kappa shape index (κ1) is 17.7. The third-order valence-corrected chi connectivity index (χ3v) is 3.65. The first-order valence-electron chi connectivity index (χ1n) is 8.08. The minimum Gasteiger partial charge on any atom is -0.449 e. The van der Waals surface area contributed by atoms with Crippen molar-refractivity contribution in [2.75, 3.05) is 0 Å². The minimum absolute atomic E-state index is 0.0942. The van der Waals surface area contributed by atoms with Crippen molar-refractivity contribution < 1.29 is 14.3 Å². The van der Waals surface area contributed by atoms with Gasteiger partial charge < -0.3 is 10.1 Å². The monoisotopic (exact) mass is 326 g/mol. The molecular weight excluding hydrogens is 304 g/mol. The van der Waals surface area contributed by atoms with Gasteiger partial charge >= 0.3 is 5.97 Å². The highest BCUT2D eigenvalue weighted by Gasteiger charge is 2.22. The lowest BCUT2D eigenvalue weighted by Crippen LogP contribution is -2.38. The second kappa shape index (κ2) is 8.82. The van der Waals surface area contributed by atoms with Crippen LogP contribution in [0.5, 0.6) is 0 Å². The summed E-state index contributed by atoms with van der Waals surface area (Å²) in [5.74, 6) is -0.868. The number of amides is 1. The fraction of sp³-hybridized carbons (Fsp3) is 0.316. The number of benzene rings is 1. The van der Waals surface area contributed by atoms with E-state index in [0.29, 0.717) is 5.56 Å². The van der Waals surface area contributed by atoms with Crippen LogP contribution in [0.4, 0.5) is 0 Å². The van der Waals surface area contributed by atoms with E-state index in [1.165, 1.54) is 6.20 Å². The second-order valence-electron chi connectivity index (χ2n) is 5.55. The quantitative estimate of drug-likeness (QED) is 0.793. The van der Waals surface area contributed by atoms with E-state index < -0.39 is 12.1 Å². The molecule has 0 saturated carbocycles. The summed E-state index contributed by atoms with van der Waals surface area (Å²) in [6, 6.07) is 12.9. The Morgan fingerprint density at radius 1 is 1.17 bits per heavy atom. The van der Waals surface area contributed by atoms with E-state index in [1.54, 1.807) is 25.3 Å². The zero-order valence-corrected chi connectivity index (χ0v) is 13.9. The maximum absolute atomic E-state index is 12.4. The predicted molar refractivity (Wildman–Crippen MR) is 91.3 cm³/mol. The molecular formula is C19H22N2O3. The lowest BCUT2D eigenvalue weighted by atomic mass is 10.0. The molecule has 0 aliphatic heterocycles. The highest BCUT2D eigenvalue weighted by Crippen LogP contribution is 2.18. The van der Waals surface area contributed by atoms with Crippen molar-refractivity contribution in [1.29, 1.82) is 0 Å². The van der Waals surface area contributed by atoms with Crippen molar-refractivity contribution in [2.24, 2.45) is 0 Å². The van der Waals surface area contributed by atoms with Crippen LogP contribution in [0.15, 0.2) is 54.9 Å². The number of pyridine rings is 1. The van der Waals surface area contributed by atoms with Gasteiger partial charge in [-0.25, -0.2) is 4.79 Å². The van der Waals surface area contributed by atoms with Gasteiger partial charge in [-0.3, -0.25) is 9.78 Å². The van der Waals surface area contributed by atoms with Crippen molar-refractivity contribution in [3.63, 3.8) is 0 Å². The molecule has 5 heteroatoms. The van der Waals surface area contributed by atoms with E-state index in [-0.39, 0.29) is 11.9 Å². The number of aromatic nitrogens is 1. The Morgan fingerprint density at radius 3 is 2.54 bits per heavy atom. The van der Waals surface area contributed by atoms with E-state index in [9.17, 15) is 9.59 Å². The summed E-state index contributed by atoms with van der Waals surface area (Å²) in [6.45, 7) is 3.63. The fourth-order valence-corrected chi connectivity index (χ4v) is 2.35. The molecule has 24 heavy (non-hydrogen) atoms. The highest BCUT2D eigenvalue weighted by atomic mass is 16.5. The molecule has 5 nitrogen and oxygen atoms in total. The molecule has 0 saturated heterocycles. The number of ether oxygens (including phenoxy) is 1. The first-order chi connectivity index (χ1) is 11.6. The molecule has 2 aromatic rings. The normalized spacial score (nSPS) is 12.9. The zero-order chi connectivity index (χ0) is 17.4. The first-order valence-corrected chi connectivity index (χ1v) is 8.08. The summed E-state index contributed by atoms with van der Waals surface area (Å²) >= 11 is 0. The Kier molecular flexibility index (Phi) is 6.49. The van der Waals surface area contributed by atoms with Crippen LogP contribution in [0.1, 0.15) is 48.7 Å². The Balaban J connectivity index is 1.97. The molecule has 0 spiro atoms. The molecule has 126 valence electrons. The van der Waals surface area contributed by atoms with Gasteiger partial charge in [-0.1, -0.05) is 43.7 Å². The van der Waals surface area contributed by atoms with E-state index in [2.05, 4.69) is 17.2 Å². The molecule has 0 fully saturated rings. The number of carbonyl (C=O) groups excluding carboxylic acids is 2. The van der Waals surface area contributed by atoms with Gasteiger partial charge in [0, 0.05) is 12.4 Å². The molecule has 2 atom stereocenters. The summed E-state index contributed by atoms with van der Waals surface area (Å²) in [6.07, 6.45) is 3.86. The molecule has 1 heterocycles. The number of carbonyl (C=O) groups is 2. The summed E-state index contributed by atoms with van der Waals surface area (Å²) in [5.41, 5.74) is 1.36. The average Bonchev–Trinajstić information content (AvgIpc) is 2.62. The van der Waals surface area contributed by atoms with Gasteiger partial charge in [-0.05, 0) is 31.0 Å². The average molecular weight is 326 g/mol. The molecule has 0 aliphatic carbocycles. The van der Waals surface area contributed by atoms with Crippen LogP contribution < -0.4 is 5.32 Å². The highest BCUT2D eigenvalue weighted by molar-refractivity contribution is 5.91. The van der Waals surface area contributed by atoms with Crippen LogP contribution >= 0.6 is 0 Å². The number of esters is 1. The van der Waals surface area contributed by atoms with Crippen LogP contribution in [0, 0.1) is 0 Å². The smallest absolute Gasteiger partial charge is 0.340 e. The van der Waals surface area contributed by atoms with Gasteiger partial charge in [0.05, 0.1) is 11.6 Å². The number of hydrogen-bond donors (Lipinski definition) is 1. The minimum atomic E-state index is -0.874. The SMILES string of the molecule is CCC[C@@H](NC(=O)[C@H](C)OC(=O)c1cccnc1)c1ccccc1. The molecule has 0 unspecified atom stereocenters. The van der Waals surface area contributed by atoms with E-state index in [4.69, 9.17) is 4.74 Å². The third-order valence-electron chi connectivity index (χ3n) is 3.65. The molecule has 0 aliphatic rings. The maximum atomic E-state index is 12.4. The molecule has 2 rings (SSSR count). The summed E-state index contributed by atoms with van der Waals surface area (Å²) < 4.78 is 5.22. The number of rotatable bonds is 7. The largest absolute Gasteiger partial charge is 0.449 e. The standard InChI is InChI=1S/C19H22N2O3/c1-3-8-17(15-9-5-4-6-10-15)21-18(22)14(2)24-19(23)16-11-7-12-20-13-16/h4-7,9-14,17H,3,8H2,1-2H3,(H,21,22)/t14-,17+/m0/s1. The lowest BCUT2D eigenvalue weighted by Gasteiger charge is -2.21. The van der Waals surface area contributed by atoms with Crippen LogP contribution in [-0.2, 0) is 9.53 Å². The van der Waals surface area contributed by atoms with Crippen molar-refractivity contribution in [3.05, 3.63) is 66.0 Å². The van der Waals surface area contributed by atoms with E-state index in [0.717, 1.165) is 18.4 Å². The second-order valence-corrected chi connectivity index (χ2v) is 5.55. The van der Waals surface area contributed by atoms with E-state index in [1.807, 2.05) is 30.3 Å². The van der Waals surface area contributed by atoms with Gasteiger partial charge in [0.15, 0.2) is 6.10 Å². The van der Waals surface area contributed by atoms with Crippen LogP contribution in [0.3, 0.4) is 0 Å². The Morgan fingerprint density at radius 2 is 1.92 bits per heavy atom. The Hall–Kier alpha value is -2.69. The Bertz CT molecular complexity index is 659. The third kappa shape index (κ3) is 4.91. The zero-order valence-electron chi connectivity index (χ0n) is 13.9. The van der Waals surface area contributed by atoms with Gasteiger partial charge in [0.1, 0.15) is 0 Å². The van der Waals surface area contributed by atoms with Crippen LogP contribution in [0.25, 0.3) is 0 Å². The summed E-state index contributed by atoms with van der Waals surface area (Å²) in [4.78, 5) is 28.2. The summed E-state index contributed by atoms with van der Waals surface area (Å²) in [7, 11) is 0. The fourth-order valence-electron chi connectivity index (χ4n) is 2.35. The molecule has 0 radical (unpaired) electrons. The van der Waals surface area contributed by atoms with E-state index >= 15 is 0 Å². The van der Waals surface area contributed by atoms with Crippen molar-refractivity contribution in [1.82, 2.24) is 10.3 Å². The Labute approximate surface area is 142 Å². The van der Waals surface area contributed by atoms with Gasteiger partial charge in [0.2, 0.25) is 0 Å². The number of nitrogens with zero attached hydrogens (tertiary/aromatic N) is 1. The van der Waals surface area contributed by atoms with Crippen LogP contribution in [0.2, 0.25) is 0 Å². The van der Waals surface area contributed by atoms with Gasteiger partial charge in [-0.15, -0.1) is 0 Å². The maximum Gasteiger partial charge on any atom is 0.340 e. The number of nitrogens with one attached hydrogen (secondary N) is 1. The van der Waals surface area contributed by atoms with Gasteiger partial charge in [0.25, 0.3) is 5.91 Å². The number of hydrogen-bond acceptors (Lipinski definition) is 4. The molecule has 1 N–H and O–H groups in total. The van der Waals surface area contributed by atoms with Crippen molar-refractivity contribution >= 4 is 11.9 Å². The summed E-state index contributed by atoms with van der Waals surface area (Å²) in [5, 5.41) is 2.96. The lowest BCUT2D eigenvalue weighted by molar-refractivity contribution is -0.129. The van der Waals surface area contributed by atoms with Crippen LogP contribution in [-0.4, -0.2) is 23.0 Å². The predicted octanol–water partition coefficient (Wildman–Crippen LogP) is 3.28. The topological polar surface area (TPSA) is 68.3 Å². The van der Waals surface area contributed by atoms with Gasteiger partial charge in [-0.2, -0.15) is 0 Å². The molecule has 1 aromatic carbocycles.